The molecule has 1 nitrogen and oxygen atoms in total. The van der Waals surface area contributed by atoms with Gasteiger partial charge in [-0.1, -0.05) is 36.4 Å². The third-order valence-corrected chi connectivity index (χ3v) is 3.85. The highest BCUT2D eigenvalue weighted by Gasteiger charge is 2.30. The van der Waals surface area contributed by atoms with Crippen LogP contribution in [-0.4, -0.2) is 4.98 Å². The maximum Gasteiger partial charge on any atom is 0.416 e. The lowest BCUT2D eigenvalue weighted by Crippen LogP contribution is -2.04. The van der Waals surface area contributed by atoms with E-state index in [-0.39, 0.29) is 0 Å². The Kier molecular flexibility index (Phi) is 3.51. The predicted molar refractivity (Wildman–Crippen MR) is 76.8 cm³/mol. The summed E-state index contributed by atoms with van der Waals surface area (Å²) in [5, 5.41) is 2.54. The summed E-state index contributed by atoms with van der Waals surface area (Å²) < 4.78 is 38.2. The van der Waals surface area contributed by atoms with Gasteiger partial charge < -0.3 is 0 Å². The first-order valence-corrected chi connectivity index (χ1v) is 7.02. The average molecular weight is 304 g/mol. The highest BCUT2D eigenvalue weighted by molar-refractivity contribution is 7.13. The van der Waals surface area contributed by atoms with Crippen LogP contribution in [0, 0.1) is 6.07 Å². The number of nitrogens with zero attached hydrogens (tertiary/aromatic N) is 1. The predicted octanol–water partition coefficient (Wildman–Crippen LogP) is 5.30. The van der Waals surface area contributed by atoms with Gasteiger partial charge in [-0.05, 0) is 18.2 Å². The molecule has 0 aliphatic heterocycles. The van der Waals surface area contributed by atoms with Gasteiger partial charge in [0, 0.05) is 16.5 Å². The summed E-state index contributed by atoms with van der Waals surface area (Å²) in [4.78, 5) is 4.41. The van der Waals surface area contributed by atoms with E-state index in [0.717, 1.165) is 22.7 Å². The first-order valence-electron chi connectivity index (χ1n) is 6.14. The van der Waals surface area contributed by atoms with Crippen LogP contribution < -0.4 is 0 Å². The third kappa shape index (κ3) is 2.97. The maximum atomic E-state index is 12.7. The summed E-state index contributed by atoms with van der Waals surface area (Å²) in [5.41, 5.74) is 1.28. The van der Waals surface area contributed by atoms with Crippen LogP contribution in [0.4, 0.5) is 13.2 Å². The van der Waals surface area contributed by atoms with Gasteiger partial charge in [-0.15, -0.1) is 11.3 Å². The molecule has 0 spiro atoms. The smallest absolute Gasteiger partial charge is 0.236 e. The Labute approximate surface area is 123 Å². The van der Waals surface area contributed by atoms with Gasteiger partial charge in [0.2, 0.25) is 0 Å². The summed E-state index contributed by atoms with van der Waals surface area (Å²) in [6.45, 7) is 0. The molecular formula is C16H9F3NS. The van der Waals surface area contributed by atoms with Crippen molar-refractivity contribution >= 4 is 11.3 Å². The summed E-state index contributed by atoms with van der Waals surface area (Å²) in [5.74, 6) is 0. The van der Waals surface area contributed by atoms with Gasteiger partial charge >= 0.3 is 6.18 Å². The number of halogens is 3. The lowest BCUT2D eigenvalue weighted by Gasteiger charge is -2.07. The van der Waals surface area contributed by atoms with E-state index in [4.69, 9.17) is 0 Å². The van der Waals surface area contributed by atoms with E-state index in [1.807, 2.05) is 12.1 Å². The van der Waals surface area contributed by atoms with Crippen molar-refractivity contribution in [2.24, 2.45) is 0 Å². The molecular weight excluding hydrogens is 295 g/mol. The molecule has 0 saturated heterocycles. The van der Waals surface area contributed by atoms with Crippen LogP contribution in [-0.2, 0) is 6.18 Å². The zero-order valence-corrected chi connectivity index (χ0v) is 11.5. The largest absolute Gasteiger partial charge is 0.416 e. The van der Waals surface area contributed by atoms with Crippen LogP contribution in [0.2, 0.25) is 0 Å². The Balaban J connectivity index is 1.97. The van der Waals surface area contributed by atoms with Crippen LogP contribution in [0.3, 0.4) is 0 Å². The van der Waals surface area contributed by atoms with Crippen molar-refractivity contribution in [3.63, 3.8) is 0 Å². The molecule has 0 bridgehead atoms. The van der Waals surface area contributed by atoms with Crippen molar-refractivity contribution in [3.8, 4) is 21.8 Å². The molecule has 0 aliphatic rings. The second kappa shape index (κ2) is 5.33. The molecule has 0 amide bonds. The van der Waals surface area contributed by atoms with Gasteiger partial charge in [0.15, 0.2) is 0 Å². The van der Waals surface area contributed by atoms with Gasteiger partial charge in [0.05, 0.1) is 11.3 Å². The fourth-order valence-electron chi connectivity index (χ4n) is 1.92. The highest BCUT2D eigenvalue weighted by Crippen LogP contribution is 2.33. The van der Waals surface area contributed by atoms with Gasteiger partial charge in [0.1, 0.15) is 5.01 Å². The monoisotopic (exact) mass is 304 g/mol. The van der Waals surface area contributed by atoms with Crippen molar-refractivity contribution in [1.82, 2.24) is 4.98 Å². The van der Waals surface area contributed by atoms with Crippen LogP contribution in [0.5, 0.6) is 0 Å². The number of hydrogen-bond donors (Lipinski definition) is 0. The van der Waals surface area contributed by atoms with Crippen molar-refractivity contribution in [2.45, 2.75) is 6.18 Å². The molecule has 0 fully saturated rings. The number of aromatic nitrogens is 1. The molecule has 3 rings (SSSR count). The number of alkyl halides is 3. The maximum absolute atomic E-state index is 12.7. The number of rotatable bonds is 2. The molecule has 0 atom stereocenters. The highest BCUT2D eigenvalue weighted by atomic mass is 32.1. The van der Waals surface area contributed by atoms with Gasteiger partial charge in [0.25, 0.3) is 0 Å². The lowest BCUT2D eigenvalue weighted by molar-refractivity contribution is -0.137. The summed E-state index contributed by atoms with van der Waals surface area (Å²) in [6, 6.07) is 15.4. The first kappa shape index (κ1) is 13.8. The van der Waals surface area contributed by atoms with Gasteiger partial charge in [-0.2, -0.15) is 13.2 Å². The SMILES string of the molecule is FC(F)(F)c1cccc(-c2csc(-c3cc[c]cc3)n2)c1. The number of thiazole rings is 1. The van der Waals surface area contributed by atoms with Crippen LogP contribution >= 0.6 is 11.3 Å². The molecule has 1 aromatic heterocycles. The molecule has 21 heavy (non-hydrogen) atoms. The average Bonchev–Trinajstić information content (AvgIpc) is 2.97. The summed E-state index contributed by atoms with van der Waals surface area (Å²) in [6.07, 6.45) is -4.34. The zero-order chi connectivity index (χ0) is 14.9. The fraction of sp³-hybridized carbons (Fsp3) is 0.0625. The van der Waals surface area contributed by atoms with E-state index in [2.05, 4.69) is 11.1 Å². The Bertz CT molecular complexity index is 747. The van der Waals surface area contributed by atoms with Gasteiger partial charge in [-0.3, -0.25) is 0 Å². The Morgan fingerprint density at radius 3 is 2.48 bits per heavy atom. The van der Waals surface area contributed by atoms with Gasteiger partial charge in [-0.25, -0.2) is 4.98 Å². The second-order valence-corrected chi connectivity index (χ2v) is 5.26. The van der Waals surface area contributed by atoms with E-state index in [1.54, 1.807) is 23.6 Å². The minimum absolute atomic E-state index is 0.467. The zero-order valence-electron chi connectivity index (χ0n) is 10.7. The molecule has 0 saturated carbocycles. The van der Waals surface area contributed by atoms with Crippen molar-refractivity contribution in [1.29, 1.82) is 0 Å². The Morgan fingerprint density at radius 1 is 1.00 bits per heavy atom. The van der Waals surface area contributed by atoms with Crippen LogP contribution in [0.25, 0.3) is 21.8 Å². The molecule has 2 aromatic carbocycles. The molecule has 0 aliphatic carbocycles. The molecule has 5 heteroatoms. The third-order valence-electron chi connectivity index (χ3n) is 2.96. The normalized spacial score (nSPS) is 11.6. The quantitative estimate of drug-likeness (QED) is 0.626. The molecule has 105 valence electrons. The van der Waals surface area contributed by atoms with E-state index in [0.29, 0.717) is 11.3 Å². The summed E-state index contributed by atoms with van der Waals surface area (Å²) >= 11 is 1.40. The Morgan fingerprint density at radius 2 is 1.76 bits per heavy atom. The van der Waals surface area contributed by atoms with E-state index >= 15 is 0 Å². The standard InChI is InChI=1S/C16H9F3NS/c17-16(18,19)13-8-4-7-12(9-13)14-10-21-15(20-14)11-5-2-1-3-6-11/h2-10H. The van der Waals surface area contributed by atoms with E-state index < -0.39 is 11.7 Å². The summed E-state index contributed by atoms with van der Waals surface area (Å²) in [7, 11) is 0. The molecule has 1 radical (unpaired) electrons. The van der Waals surface area contributed by atoms with Crippen LogP contribution in [0.15, 0.2) is 53.9 Å². The minimum Gasteiger partial charge on any atom is -0.236 e. The fourth-order valence-corrected chi connectivity index (χ4v) is 2.76. The molecule has 0 N–H and O–H groups in total. The lowest BCUT2D eigenvalue weighted by atomic mass is 10.1. The molecule has 3 aromatic rings. The number of benzene rings is 2. The minimum atomic E-state index is -4.34. The molecule has 0 unspecified atom stereocenters. The van der Waals surface area contributed by atoms with Crippen LogP contribution in [0.1, 0.15) is 5.56 Å². The van der Waals surface area contributed by atoms with E-state index in [9.17, 15) is 13.2 Å². The van der Waals surface area contributed by atoms with Crippen molar-refractivity contribution in [3.05, 3.63) is 65.5 Å². The Hall–Kier alpha value is -2.14. The number of hydrogen-bond acceptors (Lipinski definition) is 2. The molecule has 1 heterocycles. The van der Waals surface area contributed by atoms with Crippen molar-refractivity contribution < 1.29 is 13.2 Å². The topological polar surface area (TPSA) is 12.9 Å². The first-order chi connectivity index (χ1) is 10.0. The second-order valence-electron chi connectivity index (χ2n) is 4.41. The van der Waals surface area contributed by atoms with Crippen molar-refractivity contribution in [2.75, 3.05) is 0 Å². The van der Waals surface area contributed by atoms with E-state index in [1.165, 1.54) is 17.4 Å².